The Morgan fingerprint density at radius 1 is 0.926 bits per heavy atom. The zero-order valence-electron chi connectivity index (χ0n) is 15.6. The Balaban J connectivity index is 1.52. The summed E-state index contributed by atoms with van der Waals surface area (Å²) in [5.74, 6) is -0.0838. The standard InChI is InChI=1S/C22H26N2O2S/c25-21(20-15-16-9-3-1-4-12-19(16)27-20)23-18-11-6-5-10-17(18)22(26)24-13-7-2-8-14-24/h5-6,10-11,15H,1-4,7-9,12-14H2,(H,23,25). The van der Waals surface area contributed by atoms with E-state index in [1.54, 1.807) is 11.3 Å². The molecular weight excluding hydrogens is 356 g/mol. The first kappa shape index (κ1) is 18.2. The van der Waals surface area contributed by atoms with Crippen molar-refractivity contribution in [3.8, 4) is 0 Å². The molecule has 1 saturated heterocycles. The number of anilines is 1. The molecule has 1 aliphatic carbocycles. The van der Waals surface area contributed by atoms with Crippen LogP contribution in [0.3, 0.4) is 0 Å². The maximum atomic E-state index is 12.9. The summed E-state index contributed by atoms with van der Waals surface area (Å²) < 4.78 is 0. The number of rotatable bonds is 3. The zero-order valence-corrected chi connectivity index (χ0v) is 16.4. The predicted molar refractivity (Wildman–Crippen MR) is 110 cm³/mol. The van der Waals surface area contributed by atoms with Crippen LogP contribution in [0.5, 0.6) is 0 Å². The van der Waals surface area contributed by atoms with Gasteiger partial charge < -0.3 is 10.2 Å². The van der Waals surface area contributed by atoms with Gasteiger partial charge in [-0.2, -0.15) is 0 Å². The van der Waals surface area contributed by atoms with Crippen molar-refractivity contribution in [3.05, 3.63) is 51.2 Å². The van der Waals surface area contributed by atoms with E-state index in [0.29, 0.717) is 11.3 Å². The van der Waals surface area contributed by atoms with Gasteiger partial charge in [0.15, 0.2) is 0 Å². The molecule has 142 valence electrons. The Bertz CT molecular complexity index is 813. The third kappa shape index (κ3) is 4.08. The van der Waals surface area contributed by atoms with Crippen LogP contribution in [0.2, 0.25) is 0 Å². The highest BCUT2D eigenvalue weighted by atomic mass is 32.1. The number of carbonyl (C=O) groups excluding carboxylic acids is 2. The first-order chi connectivity index (χ1) is 13.2. The molecule has 1 fully saturated rings. The Morgan fingerprint density at radius 2 is 1.67 bits per heavy atom. The number of benzene rings is 1. The largest absolute Gasteiger partial charge is 0.339 e. The number of thiophene rings is 1. The second-order valence-electron chi connectivity index (χ2n) is 7.47. The minimum Gasteiger partial charge on any atom is -0.339 e. The van der Waals surface area contributed by atoms with Gasteiger partial charge in [-0.15, -0.1) is 11.3 Å². The molecule has 0 spiro atoms. The summed E-state index contributed by atoms with van der Waals surface area (Å²) in [7, 11) is 0. The molecule has 2 aliphatic rings. The molecule has 0 unspecified atom stereocenters. The van der Waals surface area contributed by atoms with Crippen LogP contribution >= 0.6 is 11.3 Å². The second-order valence-corrected chi connectivity index (χ2v) is 8.61. The van der Waals surface area contributed by atoms with Crippen LogP contribution < -0.4 is 5.32 Å². The van der Waals surface area contributed by atoms with Crippen molar-refractivity contribution < 1.29 is 9.59 Å². The predicted octanol–water partition coefficient (Wildman–Crippen LogP) is 4.90. The molecule has 0 atom stereocenters. The van der Waals surface area contributed by atoms with Gasteiger partial charge in [-0.1, -0.05) is 18.6 Å². The van der Waals surface area contributed by atoms with E-state index < -0.39 is 0 Å². The van der Waals surface area contributed by atoms with Crippen molar-refractivity contribution in [2.24, 2.45) is 0 Å². The van der Waals surface area contributed by atoms with Gasteiger partial charge in [0.25, 0.3) is 11.8 Å². The molecule has 2 aromatic rings. The van der Waals surface area contributed by atoms with Crippen molar-refractivity contribution in [2.75, 3.05) is 18.4 Å². The van der Waals surface area contributed by atoms with E-state index in [2.05, 4.69) is 11.4 Å². The molecule has 5 heteroatoms. The van der Waals surface area contributed by atoms with E-state index in [0.717, 1.165) is 43.6 Å². The van der Waals surface area contributed by atoms with Gasteiger partial charge in [-0.05, 0) is 68.7 Å². The highest BCUT2D eigenvalue weighted by molar-refractivity contribution is 7.14. The van der Waals surface area contributed by atoms with Crippen LogP contribution in [0, 0.1) is 0 Å². The van der Waals surface area contributed by atoms with Crippen molar-refractivity contribution in [1.82, 2.24) is 4.90 Å². The molecule has 4 nitrogen and oxygen atoms in total. The zero-order chi connectivity index (χ0) is 18.6. The Kier molecular flexibility index (Phi) is 5.58. The molecule has 2 heterocycles. The van der Waals surface area contributed by atoms with E-state index >= 15 is 0 Å². The fourth-order valence-corrected chi connectivity index (χ4v) is 5.16. The number of nitrogens with one attached hydrogen (secondary N) is 1. The number of hydrogen-bond donors (Lipinski definition) is 1. The first-order valence-electron chi connectivity index (χ1n) is 10.0. The molecular formula is C22H26N2O2S. The molecule has 2 amide bonds. The van der Waals surface area contributed by atoms with Crippen molar-refractivity contribution in [2.45, 2.75) is 51.4 Å². The number of piperidine rings is 1. The summed E-state index contributed by atoms with van der Waals surface area (Å²) in [6.07, 6.45) is 9.14. The molecule has 1 aliphatic heterocycles. The third-order valence-corrected chi connectivity index (χ3v) is 6.76. The van der Waals surface area contributed by atoms with Crippen LogP contribution in [0.15, 0.2) is 30.3 Å². The Labute approximate surface area is 164 Å². The second kappa shape index (κ2) is 8.26. The lowest BCUT2D eigenvalue weighted by atomic mass is 10.1. The molecule has 0 saturated carbocycles. The van der Waals surface area contributed by atoms with Gasteiger partial charge in [0.05, 0.1) is 16.1 Å². The van der Waals surface area contributed by atoms with Crippen molar-refractivity contribution in [3.63, 3.8) is 0 Å². The highest BCUT2D eigenvalue weighted by Gasteiger charge is 2.22. The molecule has 0 bridgehead atoms. The lowest BCUT2D eigenvalue weighted by Crippen LogP contribution is -2.36. The van der Waals surface area contributed by atoms with Crippen LogP contribution in [-0.2, 0) is 12.8 Å². The van der Waals surface area contributed by atoms with E-state index in [1.807, 2.05) is 29.2 Å². The summed E-state index contributed by atoms with van der Waals surface area (Å²) in [5, 5.41) is 3.00. The Morgan fingerprint density at radius 3 is 2.52 bits per heavy atom. The summed E-state index contributed by atoms with van der Waals surface area (Å²) >= 11 is 1.61. The Hall–Kier alpha value is -2.14. The highest BCUT2D eigenvalue weighted by Crippen LogP contribution is 2.30. The van der Waals surface area contributed by atoms with Gasteiger partial charge in [0, 0.05) is 18.0 Å². The SMILES string of the molecule is O=C(Nc1ccccc1C(=O)N1CCCCC1)c1cc2c(s1)CCCCC2. The third-order valence-electron chi connectivity index (χ3n) is 5.52. The number of likely N-dealkylation sites (tertiary alicyclic amines) is 1. The lowest BCUT2D eigenvalue weighted by Gasteiger charge is -2.27. The lowest BCUT2D eigenvalue weighted by molar-refractivity contribution is 0.0725. The number of para-hydroxylation sites is 1. The number of carbonyl (C=O) groups is 2. The summed E-state index contributed by atoms with van der Waals surface area (Å²) in [5.41, 5.74) is 2.54. The molecule has 0 radical (unpaired) electrons. The number of fused-ring (bicyclic) bond motifs is 1. The maximum absolute atomic E-state index is 12.9. The van der Waals surface area contributed by atoms with E-state index in [1.165, 1.54) is 36.1 Å². The number of nitrogens with zero attached hydrogens (tertiary/aromatic N) is 1. The minimum absolute atomic E-state index is 0.0209. The van der Waals surface area contributed by atoms with E-state index in [-0.39, 0.29) is 11.8 Å². The van der Waals surface area contributed by atoms with Crippen LogP contribution in [-0.4, -0.2) is 29.8 Å². The monoisotopic (exact) mass is 382 g/mol. The van der Waals surface area contributed by atoms with Crippen LogP contribution in [0.1, 0.15) is 69.0 Å². The van der Waals surface area contributed by atoms with Gasteiger partial charge >= 0.3 is 0 Å². The van der Waals surface area contributed by atoms with Crippen LogP contribution in [0.25, 0.3) is 0 Å². The maximum Gasteiger partial charge on any atom is 0.265 e. The van der Waals surface area contributed by atoms with Crippen LogP contribution in [0.4, 0.5) is 5.69 Å². The number of hydrogen-bond acceptors (Lipinski definition) is 3. The fraction of sp³-hybridized carbons (Fsp3) is 0.455. The van der Waals surface area contributed by atoms with Crippen molar-refractivity contribution in [1.29, 1.82) is 0 Å². The normalized spacial score (nSPS) is 17.1. The van der Waals surface area contributed by atoms with Gasteiger partial charge in [0.2, 0.25) is 0 Å². The van der Waals surface area contributed by atoms with Gasteiger partial charge in [0.1, 0.15) is 0 Å². The molecule has 27 heavy (non-hydrogen) atoms. The number of aryl methyl sites for hydroxylation is 2. The van der Waals surface area contributed by atoms with Gasteiger partial charge in [-0.3, -0.25) is 9.59 Å². The first-order valence-corrected chi connectivity index (χ1v) is 10.9. The fourth-order valence-electron chi connectivity index (χ4n) is 4.01. The van der Waals surface area contributed by atoms with E-state index in [4.69, 9.17) is 0 Å². The molecule has 4 rings (SSSR count). The topological polar surface area (TPSA) is 49.4 Å². The summed E-state index contributed by atoms with van der Waals surface area (Å²) in [6.45, 7) is 1.61. The van der Waals surface area contributed by atoms with E-state index in [9.17, 15) is 9.59 Å². The molecule has 1 N–H and O–H groups in total. The molecule has 1 aromatic heterocycles. The minimum atomic E-state index is -0.105. The number of amides is 2. The molecule has 1 aromatic carbocycles. The summed E-state index contributed by atoms with van der Waals surface area (Å²) in [4.78, 5) is 29.8. The smallest absolute Gasteiger partial charge is 0.265 e. The van der Waals surface area contributed by atoms with Gasteiger partial charge in [-0.25, -0.2) is 0 Å². The average Bonchev–Trinajstić information content (AvgIpc) is 2.99. The average molecular weight is 383 g/mol. The quantitative estimate of drug-likeness (QED) is 0.768. The summed E-state index contributed by atoms with van der Waals surface area (Å²) in [6, 6.07) is 9.42. The van der Waals surface area contributed by atoms with Crippen molar-refractivity contribution >= 4 is 28.8 Å².